The van der Waals surface area contributed by atoms with Crippen molar-refractivity contribution in [2.75, 3.05) is 13.1 Å². The maximum atomic E-state index is 9.97. The molecule has 0 aromatic rings. The molecule has 0 aliphatic carbocycles. The van der Waals surface area contributed by atoms with E-state index in [0.29, 0.717) is 13.0 Å². The molecule has 0 fully saturated rings. The molecule has 0 spiro atoms. The van der Waals surface area contributed by atoms with Crippen LogP contribution in [-0.4, -0.2) is 41.1 Å². The van der Waals surface area contributed by atoms with Crippen LogP contribution in [0.3, 0.4) is 0 Å². The molecule has 0 saturated heterocycles. The first-order valence-electron chi connectivity index (χ1n) is 4.28. The first-order chi connectivity index (χ1) is 6.90. The van der Waals surface area contributed by atoms with Crippen molar-refractivity contribution in [3.63, 3.8) is 0 Å². The van der Waals surface area contributed by atoms with Gasteiger partial charge in [0.1, 0.15) is 6.54 Å². The molecule has 15 heavy (non-hydrogen) atoms. The lowest BCUT2D eigenvalue weighted by molar-refractivity contribution is -0.138. The van der Waals surface area contributed by atoms with Gasteiger partial charge in [-0.3, -0.25) is 14.4 Å². The van der Waals surface area contributed by atoms with Gasteiger partial charge in [-0.1, -0.05) is 0 Å². The molecule has 7 heteroatoms. The van der Waals surface area contributed by atoms with Crippen molar-refractivity contribution in [3.05, 3.63) is 0 Å². The van der Waals surface area contributed by atoms with Crippen LogP contribution in [0.2, 0.25) is 0 Å². The molecule has 0 unspecified atom stereocenters. The Morgan fingerprint density at radius 1 is 1.20 bits per heavy atom. The number of hydrogen-bond acceptors (Lipinski definition) is 4. The third-order valence-electron chi connectivity index (χ3n) is 1.08. The Balaban J connectivity index is 0. The highest BCUT2D eigenvalue weighted by Crippen LogP contribution is 1.82. The van der Waals surface area contributed by atoms with E-state index < -0.39 is 11.9 Å². The number of carboxylic acid groups (broad SMARTS) is 2. The van der Waals surface area contributed by atoms with E-state index in [1.807, 2.05) is 0 Å². The molecule has 0 aromatic heterocycles. The van der Waals surface area contributed by atoms with Gasteiger partial charge in [0.15, 0.2) is 0 Å². The van der Waals surface area contributed by atoms with Crippen LogP contribution in [0.5, 0.6) is 0 Å². The Labute approximate surface area is 87.3 Å². The van der Waals surface area contributed by atoms with Crippen molar-refractivity contribution in [2.45, 2.75) is 19.8 Å². The zero-order valence-corrected chi connectivity index (χ0v) is 8.52. The van der Waals surface area contributed by atoms with E-state index >= 15 is 0 Å². The molecule has 0 aromatic carbocycles. The SMILES string of the molecule is CC(=O)NCC(=O)O.NCCCC(=O)O. The van der Waals surface area contributed by atoms with Gasteiger partial charge in [0.25, 0.3) is 0 Å². The van der Waals surface area contributed by atoms with Crippen LogP contribution in [0.4, 0.5) is 0 Å². The van der Waals surface area contributed by atoms with Crippen LogP contribution < -0.4 is 11.1 Å². The van der Waals surface area contributed by atoms with E-state index in [1.165, 1.54) is 6.92 Å². The van der Waals surface area contributed by atoms with E-state index in [9.17, 15) is 14.4 Å². The number of amides is 1. The minimum absolute atomic E-state index is 0.191. The Morgan fingerprint density at radius 3 is 1.87 bits per heavy atom. The summed E-state index contributed by atoms with van der Waals surface area (Å²) in [5.74, 6) is -2.13. The standard InChI is InChI=1S/C4H7NO3.C4H9NO2/c1-3(6)5-2-4(7)8;5-3-1-2-4(6)7/h2H2,1H3,(H,5,6)(H,7,8);1-3,5H2,(H,6,7). The summed E-state index contributed by atoms with van der Waals surface area (Å²) in [7, 11) is 0. The number of carboxylic acids is 2. The lowest BCUT2D eigenvalue weighted by atomic mass is 10.3. The van der Waals surface area contributed by atoms with Gasteiger partial charge in [0.2, 0.25) is 5.91 Å². The first kappa shape index (κ1) is 15.8. The van der Waals surface area contributed by atoms with E-state index in [1.54, 1.807) is 0 Å². The topological polar surface area (TPSA) is 130 Å². The minimum atomic E-state index is -1.03. The van der Waals surface area contributed by atoms with Crippen LogP contribution in [0, 0.1) is 0 Å². The summed E-state index contributed by atoms with van der Waals surface area (Å²) < 4.78 is 0. The molecule has 88 valence electrons. The molecule has 0 radical (unpaired) electrons. The molecule has 0 atom stereocenters. The zero-order chi connectivity index (χ0) is 12.3. The number of rotatable bonds is 5. The number of aliphatic carboxylic acids is 2. The van der Waals surface area contributed by atoms with Crippen LogP contribution >= 0.6 is 0 Å². The largest absolute Gasteiger partial charge is 0.481 e. The normalized spacial score (nSPS) is 8.40. The van der Waals surface area contributed by atoms with Crippen LogP contribution in [0.1, 0.15) is 19.8 Å². The molecule has 7 nitrogen and oxygen atoms in total. The summed E-state index contributed by atoms with van der Waals surface area (Å²) in [6.07, 6.45) is 0.770. The molecule has 0 bridgehead atoms. The second kappa shape index (κ2) is 10.5. The van der Waals surface area contributed by atoms with Crippen molar-refractivity contribution >= 4 is 17.8 Å². The molecule has 0 rings (SSSR count). The van der Waals surface area contributed by atoms with Crippen molar-refractivity contribution in [2.24, 2.45) is 5.73 Å². The lowest BCUT2D eigenvalue weighted by Gasteiger charge is -1.92. The van der Waals surface area contributed by atoms with Gasteiger partial charge in [-0.25, -0.2) is 0 Å². The van der Waals surface area contributed by atoms with Gasteiger partial charge in [0, 0.05) is 13.3 Å². The molecular formula is C8H16N2O5. The maximum absolute atomic E-state index is 9.97. The van der Waals surface area contributed by atoms with Crippen LogP contribution in [-0.2, 0) is 14.4 Å². The Bertz CT molecular complexity index is 203. The summed E-state index contributed by atoms with van der Waals surface area (Å²) in [6, 6.07) is 0. The number of hydrogen-bond donors (Lipinski definition) is 4. The second-order valence-electron chi connectivity index (χ2n) is 2.59. The minimum Gasteiger partial charge on any atom is -0.481 e. The zero-order valence-electron chi connectivity index (χ0n) is 8.52. The number of carbonyl (C=O) groups is 3. The van der Waals surface area contributed by atoms with Crippen molar-refractivity contribution in [1.82, 2.24) is 5.32 Å². The van der Waals surface area contributed by atoms with Crippen molar-refractivity contribution in [3.8, 4) is 0 Å². The fraction of sp³-hybridized carbons (Fsp3) is 0.625. The van der Waals surface area contributed by atoms with E-state index in [2.05, 4.69) is 5.32 Å². The number of nitrogens with two attached hydrogens (primary N) is 1. The highest BCUT2D eigenvalue weighted by Gasteiger charge is 1.94. The third-order valence-corrected chi connectivity index (χ3v) is 1.08. The Morgan fingerprint density at radius 2 is 1.73 bits per heavy atom. The van der Waals surface area contributed by atoms with E-state index in [-0.39, 0.29) is 18.9 Å². The smallest absolute Gasteiger partial charge is 0.322 e. The molecular weight excluding hydrogens is 204 g/mol. The summed E-state index contributed by atoms with van der Waals surface area (Å²) >= 11 is 0. The van der Waals surface area contributed by atoms with Gasteiger partial charge in [-0.15, -0.1) is 0 Å². The number of nitrogens with one attached hydrogen (secondary N) is 1. The second-order valence-corrected chi connectivity index (χ2v) is 2.59. The fourth-order valence-corrected chi connectivity index (χ4v) is 0.453. The van der Waals surface area contributed by atoms with Crippen LogP contribution in [0.25, 0.3) is 0 Å². The van der Waals surface area contributed by atoms with Crippen molar-refractivity contribution < 1.29 is 24.6 Å². The molecule has 0 aliphatic rings. The predicted molar refractivity (Wildman–Crippen MR) is 52.2 cm³/mol. The first-order valence-corrected chi connectivity index (χ1v) is 4.28. The molecule has 5 N–H and O–H groups in total. The van der Waals surface area contributed by atoms with Gasteiger partial charge in [0.05, 0.1) is 0 Å². The van der Waals surface area contributed by atoms with Gasteiger partial charge in [-0.05, 0) is 13.0 Å². The average molecular weight is 220 g/mol. The fourth-order valence-electron chi connectivity index (χ4n) is 0.453. The van der Waals surface area contributed by atoms with E-state index in [0.717, 1.165) is 0 Å². The number of carbonyl (C=O) groups excluding carboxylic acids is 1. The lowest BCUT2D eigenvalue weighted by Crippen LogP contribution is -2.26. The third kappa shape index (κ3) is 24.5. The average Bonchev–Trinajstić information content (AvgIpc) is 2.12. The molecule has 0 saturated carbocycles. The van der Waals surface area contributed by atoms with Crippen molar-refractivity contribution in [1.29, 1.82) is 0 Å². The predicted octanol–water partition coefficient (Wildman–Crippen LogP) is -0.983. The van der Waals surface area contributed by atoms with Gasteiger partial charge in [-0.2, -0.15) is 0 Å². The molecule has 0 aliphatic heterocycles. The highest BCUT2D eigenvalue weighted by atomic mass is 16.4. The quantitative estimate of drug-likeness (QED) is 0.471. The summed E-state index contributed by atoms with van der Waals surface area (Å²) in [5.41, 5.74) is 5.01. The van der Waals surface area contributed by atoms with Gasteiger partial charge >= 0.3 is 11.9 Å². The van der Waals surface area contributed by atoms with Gasteiger partial charge < -0.3 is 21.3 Å². The Hall–Kier alpha value is -1.63. The Kier molecular flexibility index (Phi) is 11.0. The maximum Gasteiger partial charge on any atom is 0.322 e. The van der Waals surface area contributed by atoms with E-state index in [4.69, 9.17) is 15.9 Å². The highest BCUT2D eigenvalue weighted by molar-refractivity contribution is 5.79. The molecule has 0 heterocycles. The summed E-state index contributed by atoms with van der Waals surface area (Å²) in [6.45, 7) is 1.44. The molecule has 1 amide bonds. The monoisotopic (exact) mass is 220 g/mol. The summed E-state index contributed by atoms with van der Waals surface area (Å²) in [5, 5.41) is 18.0. The summed E-state index contributed by atoms with van der Waals surface area (Å²) in [4.78, 5) is 29.4. The van der Waals surface area contributed by atoms with Crippen LogP contribution in [0.15, 0.2) is 0 Å².